The van der Waals surface area contributed by atoms with E-state index in [4.69, 9.17) is 23.2 Å². The number of thiazole rings is 1. The van der Waals surface area contributed by atoms with Gasteiger partial charge in [-0.15, -0.1) is 11.3 Å². The van der Waals surface area contributed by atoms with E-state index in [1.165, 1.54) is 23.6 Å². The SMILES string of the molecule is O=C(Nc1c(Cl)ccc2scnc12)c1ccnc(Cl)c1. The summed E-state index contributed by atoms with van der Waals surface area (Å²) >= 11 is 13.4. The summed E-state index contributed by atoms with van der Waals surface area (Å²) in [4.78, 5) is 20.3. The molecule has 0 atom stereocenters. The smallest absolute Gasteiger partial charge is 0.255 e. The molecule has 0 bridgehead atoms. The fourth-order valence-corrected chi connectivity index (χ4v) is 2.81. The number of halogens is 2. The van der Waals surface area contributed by atoms with E-state index in [0.29, 0.717) is 21.8 Å². The lowest BCUT2D eigenvalue weighted by atomic mass is 10.2. The first-order valence-electron chi connectivity index (χ1n) is 5.60. The summed E-state index contributed by atoms with van der Waals surface area (Å²) in [5, 5.41) is 3.47. The van der Waals surface area contributed by atoms with Gasteiger partial charge in [-0.1, -0.05) is 23.2 Å². The van der Waals surface area contributed by atoms with Crippen LogP contribution in [0, 0.1) is 0 Å². The highest BCUT2D eigenvalue weighted by Gasteiger charge is 2.13. The molecule has 0 spiro atoms. The standard InChI is InChI=1S/C13H7Cl2N3OS/c14-8-1-2-9-12(17-6-20-9)11(8)18-13(19)7-3-4-16-10(15)5-7/h1-6H,(H,18,19). The van der Waals surface area contributed by atoms with Crippen LogP contribution in [0.1, 0.15) is 10.4 Å². The molecular formula is C13H7Cl2N3OS. The number of nitrogens with one attached hydrogen (secondary N) is 1. The van der Waals surface area contributed by atoms with Crippen LogP contribution >= 0.6 is 34.5 Å². The van der Waals surface area contributed by atoms with Crippen molar-refractivity contribution >= 4 is 56.3 Å². The maximum atomic E-state index is 12.2. The second kappa shape index (κ2) is 5.36. The molecule has 0 aliphatic rings. The Labute approximate surface area is 128 Å². The van der Waals surface area contributed by atoms with Gasteiger partial charge in [0, 0.05) is 11.8 Å². The third kappa shape index (κ3) is 2.47. The zero-order chi connectivity index (χ0) is 14.1. The van der Waals surface area contributed by atoms with Gasteiger partial charge in [-0.05, 0) is 24.3 Å². The molecule has 0 aliphatic carbocycles. The quantitative estimate of drug-likeness (QED) is 0.717. The maximum Gasteiger partial charge on any atom is 0.255 e. The minimum atomic E-state index is -0.309. The number of pyridine rings is 1. The molecule has 0 unspecified atom stereocenters. The average Bonchev–Trinajstić information content (AvgIpc) is 2.90. The van der Waals surface area contributed by atoms with E-state index in [1.54, 1.807) is 17.6 Å². The Bertz CT molecular complexity index is 803. The first kappa shape index (κ1) is 13.3. The number of hydrogen-bond acceptors (Lipinski definition) is 4. The zero-order valence-electron chi connectivity index (χ0n) is 9.93. The van der Waals surface area contributed by atoms with E-state index in [1.807, 2.05) is 6.07 Å². The fourth-order valence-electron chi connectivity index (χ4n) is 1.75. The third-order valence-electron chi connectivity index (χ3n) is 2.68. The molecule has 0 fully saturated rings. The predicted octanol–water partition coefficient (Wildman–Crippen LogP) is 4.25. The Morgan fingerprint density at radius 3 is 2.85 bits per heavy atom. The molecule has 1 N–H and O–H groups in total. The van der Waals surface area contributed by atoms with E-state index in [9.17, 15) is 4.79 Å². The van der Waals surface area contributed by atoms with Crippen LogP contribution in [-0.2, 0) is 0 Å². The summed E-state index contributed by atoms with van der Waals surface area (Å²) in [6, 6.07) is 6.67. The molecule has 0 aliphatic heterocycles. The van der Waals surface area contributed by atoms with Gasteiger partial charge < -0.3 is 5.32 Å². The molecule has 0 saturated carbocycles. The fraction of sp³-hybridized carbons (Fsp3) is 0. The highest BCUT2D eigenvalue weighted by atomic mass is 35.5. The van der Waals surface area contributed by atoms with Gasteiger partial charge in [0.2, 0.25) is 0 Å². The van der Waals surface area contributed by atoms with Gasteiger partial charge in [0.05, 0.1) is 20.9 Å². The number of rotatable bonds is 2. The van der Waals surface area contributed by atoms with Gasteiger partial charge in [0.25, 0.3) is 5.91 Å². The molecule has 3 aromatic rings. The van der Waals surface area contributed by atoms with E-state index in [-0.39, 0.29) is 11.1 Å². The van der Waals surface area contributed by atoms with Crippen molar-refractivity contribution < 1.29 is 4.79 Å². The summed E-state index contributed by atoms with van der Waals surface area (Å²) in [5.41, 5.74) is 3.30. The summed E-state index contributed by atoms with van der Waals surface area (Å²) in [6.45, 7) is 0. The first-order chi connectivity index (χ1) is 9.65. The summed E-state index contributed by atoms with van der Waals surface area (Å²) in [5.74, 6) is -0.309. The maximum absolute atomic E-state index is 12.2. The lowest BCUT2D eigenvalue weighted by molar-refractivity contribution is 0.102. The topological polar surface area (TPSA) is 54.9 Å². The van der Waals surface area contributed by atoms with Crippen molar-refractivity contribution in [2.24, 2.45) is 0 Å². The van der Waals surface area contributed by atoms with Crippen molar-refractivity contribution in [3.05, 3.63) is 51.7 Å². The van der Waals surface area contributed by atoms with Gasteiger partial charge in [0.15, 0.2) is 0 Å². The second-order valence-electron chi connectivity index (χ2n) is 3.94. The zero-order valence-corrected chi connectivity index (χ0v) is 12.3. The molecule has 1 amide bonds. The number of amides is 1. The Kier molecular flexibility index (Phi) is 3.56. The van der Waals surface area contributed by atoms with E-state index >= 15 is 0 Å². The number of carbonyl (C=O) groups is 1. The number of carbonyl (C=O) groups excluding carboxylic acids is 1. The molecule has 100 valence electrons. The van der Waals surface area contributed by atoms with Crippen molar-refractivity contribution in [3.63, 3.8) is 0 Å². The molecule has 2 heterocycles. The molecule has 0 saturated heterocycles. The van der Waals surface area contributed by atoms with Gasteiger partial charge in [-0.2, -0.15) is 0 Å². The molecule has 2 aromatic heterocycles. The Balaban J connectivity index is 1.99. The van der Waals surface area contributed by atoms with Crippen molar-refractivity contribution in [2.75, 3.05) is 5.32 Å². The highest BCUT2D eigenvalue weighted by Crippen LogP contribution is 2.32. The Morgan fingerprint density at radius 2 is 2.05 bits per heavy atom. The van der Waals surface area contributed by atoms with E-state index < -0.39 is 0 Å². The van der Waals surface area contributed by atoms with Crippen LogP contribution in [-0.4, -0.2) is 15.9 Å². The number of fused-ring (bicyclic) bond motifs is 1. The predicted molar refractivity (Wildman–Crippen MR) is 81.8 cm³/mol. The monoisotopic (exact) mass is 323 g/mol. The summed E-state index contributed by atoms with van der Waals surface area (Å²) in [7, 11) is 0. The Morgan fingerprint density at radius 1 is 1.20 bits per heavy atom. The molecule has 3 rings (SSSR count). The van der Waals surface area contributed by atoms with Crippen LogP contribution in [0.15, 0.2) is 36.0 Å². The van der Waals surface area contributed by atoms with Crippen molar-refractivity contribution in [1.29, 1.82) is 0 Å². The van der Waals surface area contributed by atoms with E-state index in [0.717, 1.165) is 4.70 Å². The number of aromatic nitrogens is 2. The number of anilines is 1. The molecule has 4 nitrogen and oxygen atoms in total. The number of hydrogen-bond donors (Lipinski definition) is 1. The Hall–Kier alpha value is -1.69. The number of benzene rings is 1. The minimum absolute atomic E-state index is 0.260. The molecule has 1 aromatic carbocycles. The van der Waals surface area contributed by atoms with Gasteiger partial charge in [-0.25, -0.2) is 9.97 Å². The van der Waals surface area contributed by atoms with Crippen LogP contribution in [0.3, 0.4) is 0 Å². The van der Waals surface area contributed by atoms with Crippen LogP contribution in [0.25, 0.3) is 10.2 Å². The second-order valence-corrected chi connectivity index (χ2v) is 5.62. The first-order valence-corrected chi connectivity index (χ1v) is 7.23. The van der Waals surface area contributed by atoms with Crippen LogP contribution < -0.4 is 5.32 Å². The van der Waals surface area contributed by atoms with Gasteiger partial charge in [0.1, 0.15) is 10.7 Å². The largest absolute Gasteiger partial charge is 0.319 e. The molecule has 7 heteroatoms. The lowest BCUT2D eigenvalue weighted by Gasteiger charge is -2.08. The minimum Gasteiger partial charge on any atom is -0.319 e. The average molecular weight is 324 g/mol. The highest BCUT2D eigenvalue weighted by molar-refractivity contribution is 7.16. The molecule has 20 heavy (non-hydrogen) atoms. The van der Waals surface area contributed by atoms with Crippen molar-refractivity contribution in [1.82, 2.24) is 9.97 Å². The number of nitrogens with zero attached hydrogens (tertiary/aromatic N) is 2. The summed E-state index contributed by atoms with van der Waals surface area (Å²) in [6.07, 6.45) is 1.47. The molecule has 0 radical (unpaired) electrons. The normalized spacial score (nSPS) is 10.7. The van der Waals surface area contributed by atoms with Crippen molar-refractivity contribution in [2.45, 2.75) is 0 Å². The van der Waals surface area contributed by atoms with E-state index in [2.05, 4.69) is 15.3 Å². The van der Waals surface area contributed by atoms with Crippen LogP contribution in [0.4, 0.5) is 5.69 Å². The lowest BCUT2D eigenvalue weighted by Crippen LogP contribution is -2.12. The third-order valence-corrected chi connectivity index (χ3v) is 3.99. The van der Waals surface area contributed by atoms with Crippen LogP contribution in [0.5, 0.6) is 0 Å². The van der Waals surface area contributed by atoms with Crippen molar-refractivity contribution in [3.8, 4) is 0 Å². The van der Waals surface area contributed by atoms with Crippen LogP contribution in [0.2, 0.25) is 10.2 Å². The van der Waals surface area contributed by atoms with Gasteiger partial charge in [-0.3, -0.25) is 4.79 Å². The van der Waals surface area contributed by atoms with Gasteiger partial charge >= 0.3 is 0 Å². The molecular weight excluding hydrogens is 317 g/mol. The summed E-state index contributed by atoms with van der Waals surface area (Å²) < 4.78 is 0.956.